The number of anilines is 1. The number of nitrogens with one attached hydrogen (secondary N) is 2. The van der Waals surface area contributed by atoms with Crippen molar-refractivity contribution in [2.75, 3.05) is 25.0 Å². The summed E-state index contributed by atoms with van der Waals surface area (Å²) in [6.45, 7) is 4.78. The highest BCUT2D eigenvalue weighted by atomic mass is 35.5. The summed E-state index contributed by atoms with van der Waals surface area (Å²) in [6, 6.07) is 2.30. The second kappa shape index (κ2) is 6.50. The van der Waals surface area contributed by atoms with E-state index in [1.807, 2.05) is 13.0 Å². The lowest BCUT2D eigenvalue weighted by Crippen LogP contribution is -2.20. The van der Waals surface area contributed by atoms with Crippen molar-refractivity contribution in [2.45, 2.75) is 19.4 Å². The zero-order chi connectivity index (χ0) is 10.5. The van der Waals surface area contributed by atoms with Crippen LogP contribution in [0.15, 0.2) is 12.3 Å². The summed E-state index contributed by atoms with van der Waals surface area (Å²) in [4.78, 5) is 8.34. The fourth-order valence-electron chi connectivity index (χ4n) is 1.55. The van der Waals surface area contributed by atoms with Crippen molar-refractivity contribution in [3.05, 3.63) is 12.3 Å². The van der Waals surface area contributed by atoms with Gasteiger partial charge in [0, 0.05) is 19.3 Å². The van der Waals surface area contributed by atoms with E-state index in [1.165, 1.54) is 0 Å². The number of hydrogen-bond acceptors (Lipinski definition) is 5. The lowest BCUT2D eigenvalue weighted by molar-refractivity contribution is 0.204. The SMILES string of the molecule is CCNc1ccnc(O[C@H]2CCNC2)n1.Cl. The molecule has 1 aliphatic heterocycles. The average Bonchev–Trinajstić information content (AvgIpc) is 2.71. The van der Waals surface area contributed by atoms with Crippen LogP contribution < -0.4 is 15.4 Å². The molecule has 2 N–H and O–H groups in total. The van der Waals surface area contributed by atoms with Crippen LogP contribution >= 0.6 is 12.4 Å². The molecular weight excluding hydrogens is 228 g/mol. The molecule has 2 heterocycles. The van der Waals surface area contributed by atoms with Gasteiger partial charge in [0.15, 0.2) is 0 Å². The van der Waals surface area contributed by atoms with Gasteiger partial charge in [-0.1, -0.05) is 0 Å². The van der Waals surface area contributed by atoms with Gasteiger partial charge in [0.1, 0.15) is 11.9 Å². The Morgan fingerprint density at radius 1 is 1.62 bits per heavy atom. The van der Waals surface area contributed by atoms with Crippen LogP contribution in [0, 0.1) is 0 Å². The van der Waals surface area contributed by atoms with E-state index >= 15 is 0 Å². The van der Waals surface area contributed by atoms with Crippen molar-refractivity contribution < 1.29 is 4.74 Å². The predicted octanol–water partition coefficient (Wildman–Crippen LogP) is 1.07. The van der Waals surface area contributed by atoms with Crippen molar-refractivity contribution in [3.63, 3.8) is 0 Å². The fourth-order valence-corrected chi connectivity index (χ4v) is 1.55. The zero-order valence-corrected chi connectivity index (χ0v) is 10.1. The number of ether oxygens (including phenoxy) is 1. The van der Waals surface area contributed by atoms with Gasteiger partial charge in [0.25, 0.3) is 0 Å². The topological polar surface area (TPSA) is 59.1 Å². The van der Waals surface area contributed by atoms with Gasteiger partial charge in [-0.15, -0.1) is 12.4 Å². The third kappa shape index (κ3) is 3.50. The molecule has 1 fully saturated rings. The summed E-state index contributed by atoms with van der Waals surface area (Å²) in [5.41, 5.74) is 0. The van der Waals surface area contributed by atoms with Crippen LogP contribution in [0.5, 0.6) is 6.01 Å². The minimum absolute atomic E-state index is 0. The van der Waals surface area contributed by atoms with Crippen molar-refractivity contribution in [3.8, 4) is 6.01 Å². The number of nitrogens with zero attached hydrogens (tertiary/aromatic N) is 2. The van der Waals surface area contributed by atoms with E-state index in [1.54, 1.807) is 6.20 Å². The largest absolute Gasteiger partial charge is 0.459 e. The predicted molar refractivity (Wildman–Crippen MR) is 65.3 cm³/mol. The van der Waals surface area contributed by atoms with Crippen molar-refractivity contribution in [1.29, 1.82) is 0 Å². The second-order valence-electron chi connectivity index (χ2n) is 3.49. The van der Waals surface area contributed by atoms with E-state index in [9.17, 15) is 0 Å². The number of aromatic nitrogens is 2. The maximum Gasteiger partial charge on any atom is 0.318 e. The minimum Gasteiger partial charge on any atom is -0.459 e. The molecule has 6 heteroatoms. The molecule has 0 unspecified atom stereocenters. The molecule has 0 bridgehead atoms. The first-order chi connectivity index (χ1) is 7.38. The third-order valence-corrected chi connectivity index (χ3v) is 2.28. The standard InChI is InChI=1S/C10H16N4O.ClH/c1-2-12-9-4-6-13-10(14-9)15-8-3-5-11-7-8;/h4,6,8,11H,2-3,5,7H2,1H3,(H,12,13,14);1H/t8-;/m0./s1. The minimum atomic E-state index is 0. The van der Waals surface area contributed by atoms with Gasteiger partial charge in [-0.05, 0) is 26.0 Å². The molecule has 0 aliphatic carbocycles. The Morgan fingerprint density at radius 3 is 3.19 bits per heavy atom. The summed E-state index contributed by atoms with van der Waals surface area (Å²) < 4.78 is 5.64. The first-order valence-electron chi connectivity index (χ1n) is 5.33. The van der Waals surface area contributed by atoms with Gasteiger partial charge < -0.3 is 15.4 Å². The summed E-state index contributed by atoms with van der Waals surface area (Å²) in [5.74, 6) is 0.813. The first kappa shape index (κ1) is 13.0. The summed E-state index contributed by atoms with van der Waals surface area (Å²) in [5, 5.41) is 6.36. The van der Waals surface area contributed by atoms with Gasteiger partial charge in [0.2, 0.25) is 0 Å². The molecule has 16 heavy (non-hydrogen) atoms. The lowest BCUT2D eigenvalue weighted by atomic mass is 10.3. The Labute approximate surface area is 101 Å². The molecular formula is C10H17ClN4O. The number of rotatable bonds is 4. The van der Waals surface area contributed by atoms with Crippen molar-refractivity contribution in [2.24, 2.45) is 0 Å². The quantitative estimate of drug-likeness (QED) is 0.830. The Bertz CT molecular complexity index is 317. The van der Waals surface area contributed by atoms with E-state index in [2.05, 4.69) is 20.6 Å². The van der Waals surface area contributed by atoms with Crippen LogP contribution in [0.25, 0.3) is 0 Å². The molecule has 1 aromatic heterocycles. The Balaban J connectivity index is 0.00000128. The van der Waals surface area contributed by atoms with Crippen LogP contribution in [0.2, 0.25) is 0 Å². The molecule has 1 saturated heterocycles. The summed E-state index contributed by atoms with van der Waals surface area (Å²) >= 11 is 0. The molecule has 5 nitrogen and oxygen atoms in total. The summed E-state index contributed by atoms with van der Waals surface area (Å²) in [6.07, 6.45) is 2.94. The molecule has 0 amide bonds. The smallest absolute Gasteiger partial charge is 0.318 e. The van der Waals surface area contributed by atoms with E-state index in [4.69, 9.17) is 4.74 Å². The highest BCUT2D eigenvalue weighted by molar-refractivity contribution is 5.85. The van der Waals surface area contributed by atoms with Crippen LogP contribution in [0.4, 0.5) is 5.82 Å². The van der Waals surface area contributed by atoms with Gasteiger partial charge >= 0.3 is 6.01 Å². The van der Waals surface area contributed by atoms with Gasteiger partial charge in [-0.3, -0.25) is 0 Å². The second-order valence-corrected chi connectivity index (χ2v) is 3.49. The van der Waals surface area contributed by atoms with Crippen LogP contribution in [0.1, 0.15) is 13.3 Å². The van der Waals surface area contributed by atoms with Crippen molar-refractivity contribution in [1.82, 2.24) is 15.3 Å². The van der Waals surface area contributed by atoms with Gasteiger partial charge in [-0.25, -0.2) is 4.98 Å². The third-order valence-electron chi connectivity index (χ3n) is 2.28. The Morgan fingerprint density at radius 2 is 2.50 bits per heavy atom. The Hall–Kier alpha value is -1.07. The summed E-state index contributed by atoms with van der Waals surface area (Å²) in [7, 11) is 0. The van der Waals surface area contributed by atoms with Crippen LogP contribution in [-0.4, -0.2) is 35.7 Å². The normalized spacial score (nSPS) is 18.9. The average molecular weight is 245 g/mol. The molecule has 0 spiro atoms. The highest BCUT2D eigenvalue weighted by Gasteiger charge is 2.16. The number of hydrogen-bond donors (Lipinski definition) is 2. The van der Waals surface area contributed by atoms with Crippen LogP contribution in [0.3, 0.4) is 0 Å². The molecule has 1 aromatic rings. The fraction of sp³-hybridized carbons (Fsp3) is 0.600. The van der Waals surface area contributed by atoms with E-state index in [-0.39, 0.29) is 18.5 Å². The monoisotopic (exact) mass is 244 g/mol. The van der Waals surface area contributed by atoms with Gasteiger partial charge in [0.05, 0.1) is 0 Å². The maximum absolute atomic E-state index is 5.64. The van der Waals surface area contributed by atoms with Crippen molar-refractivity contribution >= 4 is 18.2 Å². The van der Waals surface area contributed by atoms with Crippen LogP contribution in [-0.2, 0) is 0 Å². The van der Waals surface area contributed by atoms with E-state index in [0.717, 1.165) is 31.9 Å². The molecule has 0 radical (unpaired) electrons. The van der Waals surface area contributed by atoms with E-state index < -0.39 is 0 Å². The molecule has 90 valence electrons. The molecule has 1 atom stereocenters. The highest BCUT2D eigenvalue weighted by Crippen LogP contribution is 2.11. The Kier molecular flexibility index (Phi) is 5.28. The molecule has 0 saturated carbocycles. The lowest BCUT2D eigenvalue weighted by Gasteiger charge is -2.10. The molecule has 0 aromatic carbocycles. The zero-order valence-electron chi connectivity index (χ0n) is 9.27. The molecule has 1 aliphatic rings. The maximum atomic E-state index is 5.64. The molecule has 2 rings (SSSR count). The number of halogens is 1. The first-order valence-corrected chi connectivity index (χ1v) is 5.33. The van der Waals surface area contributed by atoms with E-state index in [0.29, 0.717) is 6.01 Å². The van der Waals surface area contributed by atoms with Gasteiger partial charge in [-0.2, -0.15) is 4.98 Å².